The Morgan fingerprint density at radius 3 is 2.64 bits per heavy atom. The number of primary amides is 1. The van der Waals surface area contributed by atoms with Crippen LogP contribution in [0, 0.1) is 18.2 Å². The van der Waals surface area contributed by atoms with E-state index in [0.717, 1.165) is 0 Å². The maximum atomic E-state index is 15.3. The Balaban J connectivity index is 2.01. The average Bonchev–Trinajstić information content (AvgIpc) is 2.80. The highest BCUT2D eigenvalue weighted by molar-refractivity contribution is 6.31. The second kappa shape index (κ2) is 9.15. The molecule has 1 aromatic heterocycles. The molecule has 0 fully saturated rings. The number of nitrogens with one attached hydrogen (secondary N) is 1. The lowest BCUT2D eigenvalue weighted by molar-refractivity contribution is 0.0996. The summed E-state index contributed by atoms with van der Waals surface area (Å²) in [7, 11) is 0. The number of para-hydroxylation sites is 1. The summed E-state index contributed by atoms with van der Waals surface area (Å²) in [6.07, 6.45) is 5.62. The topological polar surface area (TPSA) is 90.0 Å². The van der Waals surface area contributed by atoms with Crippen molar-refractivity contribution in [3.05, 3.63) is 105 Å². The lowest BCUT2D eigenvalue weighted by atomic mass is 9.92. The number of fused-ring (bicyclic) bond motifs is 1. The summed E-state index contributed by atoms with van der Waals surface area (Å²) in [4.78, 5) is 29.8. The minimum absolute atomic E-state index is 0.00805. The van der Waals surface area contributed by atoms with E-state index >= 15 is 4.39 Å². The van der Waals surface area contributed by atoms with Crippen molar-refractivity contribution in [2.45, 2.75) is 12.3 Å². The number of hydrogen-bond acceptors (Lipinski definition) is 4. The number of benzene rings is 3. The third-order valence-electron chi connectivity index (χ3n) is 5.18. The third kappa shape index (κ3) is 4.29. The number of halogens is 2. The van der Waals surface area contributed by atoms with Crippen LogP contribution in [0.5, 0.6) is 0 Å². The van der Waals surface area contributed by atoms with Crippen LogP contribution in [0.1, 0.15) is 34.1 Å². The van der Waals surface area contributed by atoms with Crippen LogP contribution in [-0.4, -0.2) is 15.6 Å². The predicted molar refractivity (Wildman–Crippen MR) is 127 cm³/mol. The van der Waals surface area contributed by atoms with Gasteiger partial charge in [0, 0.05) is 17.0 Å². The van der Waals surface area contributed by atoms with E-state index in [-0.39, 0.29) is 23.4 Å². The molecule has 0 saturated carbocycles. The molecule has 0 aliphatic heterocycles. The van der Waals surface area contributed by atoms with E-state index in [9.17, 15) is 9.59 Å². The Morgan fingerprint density at radius 2 is 1.94 bits per heavy atom. The molecule has 3 N–H and O–H groups in total. The van der Waals surface area contributed by atoms with Crippen LogP contribution in [0.4, 0.5) is 10.1 Å². The zero-order valence-corrected chi connectivity index (χ0v) is 18.0. The number of nitrogens with zero attached hydrogens (tertiary/aromatic N) is 2. The van der Waals surface area contributed by atoms with Crippen molar-refractivity contribution < 1.29 is 9.18 Å². The minimum Gasteiger partial charge on any atom is -0.366 e. The van der Waals surface area contributed by atoms with Gasteiger partial charge in [0.25, 0.3) is 11.5 Å². The van der Waals surface area contributed by atoms with Gasteiger partial charge in [-0.3, -0.25) is 15.0 Å². The lowest BCUT2D eigenvalue weighted by Crippen LogP contribution is -2.32. The van der Waals surface area contributed by atoms with Gasteiger partial charge in [-0.15, -0.1) is 12.3 Å². The van der Waals surface area contributed by atoms with Crippen molar-refractivity contribution in [1.29, 1.82) is 0 Å². The lowest BCUT2D eigenvalue weighted by Gasteiger charge is -2.22. The van der Waals surface area contributed by atoms with Gasteiger partial charge in [0.1, 0.15) is 11.6 Å². The summed E-state index contributed by atoms with van der Waals surface area (Å²) < 4.78 is 16.5. The van der Waals surface area contributed by atoms with Crippen LogP contribution >= 0.6 is 11.6 Å². The first-order chi connectivity index (χ1) is 15.9. The Bertz CT molecular complexity index is 1460. The summed E-state index contributed by atoms with van der Waals surface area (Å²) in [6, 6.07) is 18.0. The second-order valence-electron chi connectivity index (χ2n) is 7.28. The fourth-order valence-electron chi connectivity index (χ4n) is 3.63. The summed E-state index contributed by atoms with van der Waals surface area (Å²) in [5, 5.41) is 0.710. The molecule has 4 rings (SSSR count). The second-order valence-corrected chi connectivity index (χ2v) is 7.72. The van der Waals surface area contributed by atoms with Gasteiger partial charge in [-0.2, -0.15) is 0 Å². The van der Waals surface area contributed by atoms with Crippen molar-refractivity contribution in [1.82, 2.24) is 9.66 Å². The molecule has 3 aromatic carbocycles. The molecule has 0 unspecified atom stereocenters. The van der Waals surface area contributed by atoms with Gasteiger partial charge in [-0.05, 0) is 36.4 Å². The first kappa shape index (κ1) is 22.1. The maximum absolute atomic E-state index is 15.3. The quantitative estimate of drug-likeness (QED) is 0.419. The highest BCUT2D eigenvalue weighted by atomic mass is 35.5. The summed E-state index contributed by atoms with van der Waals surface area (Å²) in [5.74, 6) is 0.104. The van der Waals surface area contributed by atoms with E-state index in [1.165, 1.54) is 22.9 Å². The number of rotatable bonds is 6. The standard InChI is InChI=1S/C25H18ClFN4O2/c1-2-7-18(17-10-6-11-20(22(17)27)23(28)32)24-29-21-14-15(26)12-13-19(21)25(33)31(24)30-16-8-4-3-5-9-16/h1,3-6,8-14,18,30H,7H2,(H2,28,32)/t18-/m1/s1. The van der Waals surface area contributed by atoms with Crippen molar-refractivity contribution in [3.63, 3.8) is 0 Å². The first-order valence-corrected chi connectivity index (χ1v) is 10.3. The average molecular weight is 461 g/mol. The van der Waals surface area contributed by atoms with Crippen LogP contribution in [0.2, 0.25) is 5.02 Å². The van der Waals surface area contributed by atoms with E-state index in [4.69, 9.17) is 23.8 Å². The molecule has 1 amide bonds. The molecule has 0 aliphatic carbocycles. The molecule has 0 bridgehead atoms. The first-order valence-electron chi connectivity index (χ1n) is 9.96. The SMILES string of the molecule is C#CC[C@H](c1cccc(C(N)=O)c1F)c1nc2cc(Cl)ccc2c(=O)n1Nc1ccccc1. The van der Waals surface area contributed by atoms with E-state index in [2.05, 4.69) is 16.3 Å². The molecular formula is C25H18ClFN4O2. The van der Waals surface area contributed by atoms with E-state index < -0.39 is 23.2 Å². The third-order valence-corrected chi connectivity index (χ3v) is 5.41. The molecule has 6 nitrogen and oxygen atoms in total. The number of anilines is 1. The zero-order valence-electron chi connectivity index (χ0n) is 17.3. The van der Waals surface area contributed by atoms with Crippen molar-refractivity contribution >= 4 is 34.1 Å². The summed E-state index contributed by atoms with van der Waals surface area (Å²) >= 11 is 6.12. The number of carbonyl (C=O) groups excluding carboxylic acids is 1. The number of carbonyl (C=O) groups is 1. The molecule has 0 aliphatic rings. The molecule has 8 heteroatoms. The molecular weight excluding hydrogens is 443 g/mol. The van der Waals surface area contributed by atoms with Gasteiger partial charge in [-0.1, -0.05) is 41.9 Å². The number of terminal acetylenes is 1. The van der Waals surface area contributed by atoms with Crippen molar-refractivity contribution in [3.8, 4) is 12.3 Å². The molecule has 1 atom stereocenters. The number of hydrogen-bond donors (Lipinski definition) is 2. The Kier molecular flexibility index (Phi) is 6.11. The van der Waals surface area contributed by atoms with Crippen LogP contribution in [0.15, 0.2) is 71.5 Å². The predicted octanol–water partition coefficient (Wildman–Crippen LogP) is 4.32. The number of nitrogens with two attached hydrogens (primary N) is 1. The summed E-state index contributed by atoms with van der Waals surface area (Å²) in [5.41, 5.74) is 8.72. The van der Waals surface area contributed by atoms with E-state index in [0.29, 0.717) is 21.6 Å². The van der Waals surface area contributed by atoms with Gasteiger partial charge in [0.15, 0.2) is 0 Å². The Hall–Kier alpha value is -4.15. The normalized spacial score (nSPS) is 11.7. The van der Waals surface area contributed by atoms with E-state index in [1.807, 2.05) is 6.07 Å². The largest absolute Gasteiger partial charge is 0.366 e. The van der Waals surface area contributed by atoms with Crippen LogP contribution in [-0.2, 0) is 0 Å². The van der Waals surface area contributed by atoms with Crippen molar-refractivity contribution in [2.75, 3.05) is 5.43 Å². The maximum Gasteiger partial charge on any atom is 0.280 e. The molecule has 1 heterocycles. The van der Waals surface area contributed by atoms with Crippen LogP contribution in [0.25, 0.3) is 10.9 Å². The number of aromatic nitrogens is 2. The fourth-order valence-corrected chi connectivity index (χ4v) is 3.79. The van der Waals surface area contributed by atoms with Gasteiger partial charge in [0.2, 0.25) is 0 Å². The molecule has 0 spiro atoms. The zero-order chi connectivity index (χ0) is 23.5. The number of amides is 1. The molecule has 4 aromatic rings. The highest BCUT2D eigenvalue weighted by Crippen LogP contribution is 2.31. The van der Waals surface area contributed by atoms with E-state index in [1.54, 1.807) is 42.5 Å². The van der Waals surface area contributed by atoms with Gasteiger partial charge in [-0.25, -0.2) is 14.1 Å². The highest BCUT2D eigenvalue weighted by Gasteiger charge is 2.26. The molecule has 164 valence electrons. The summed E-state index contributed by atoms with van der Waals surface area (Å²) in [6.45, 7) is 0. The van der Waals surface area contributed by atoms with Gasteiger partial charge >= 0.3 is 0 Å². The smallest absolute Gasteiger partial charge is 0.280 e. The molecule has 0 saturated heterocycles. The monoisotopic (exact) mass is 460 g/mol. The molecule has 33 heavy (non-hydrogen) atoms. The fraction of sp³-hybridized carbons (Fsp3) is 0.0800. The van der Waals surface area contributed by atoms with Crippen LogP contribution < -0.4 is 16.7 Å². The Morgan fingerprint density at radius 1 is 1.18 bits per heavy atom. The van der Waals surface area contributed by atoms with Gasteiger partial charge in [0.05, 0.1) is 28.1 Å². The van der Waals surface area contributed by atoms with Crippen molar-refractivity contribution in [2.24, 2.45) is 5.73 Å². The minimum atomic E-state index is -0.910. The van der Waals surface area contributed by atoms with Crippen LogP contribution in [0.3, 0.4) is 0 Å². The Labute approximate surface area is 193 Å². The molecule has 0 radical (unpaired) electrons. The van der Waals surface area contributed by atoms with Gasteiger partial charge < -0.3 is 5.73 Å².